The minimum absolute atomic E-state index is 0.110. The van der Waals surface area contributed by atoms with Gasteiger partial charge in [0.25, 0.3) is 0 Å². The average Bonchev–Trinajstić information content (AvgIpc) is 2.08. The third-order valence-corrected chi connectivity index (χ3v) is 1.89. The first-order chi connectivity index (χ1) is 7.61. The van der Waals surface area contributed by atoms with E-state index in [0.29, 0.717) is 0 Å². The number of thiocarbonyl (C=S) groups is 1. The Bertz CT molecular complexity index is 312. The molecule has 0 aliphatic carbocycles. The summed E-state index contributed by atoms with van der Waals surface area (Å²) in [5.74, 6) is -0.702. The quantitative estimate of drug-likeness (QED) is 0.642. The molecule has 0 bridgehead atoms. The molecule has 0 spiro atoms. The lowest BCUT2D eigenvalue weighted by Crippen LogP contribution is -2.46. The van der Waals surface area contributed by atoms with Crippen molar-refractivity contribution in [3.8, 4) is 0 Å². The van der Waals surface area contributed by atoms with Crippen molar-refractivity contribution in [2.24, 2.45) is 5.73 Å². The number of ether oxygens (including phenoxy) is 1. The fourth-order valence-electron chi connectivity index (χ4n) is 1.00. The van der Waals surface area contributed by atoms with Crippen LogP contribution < -0.4 is 11.1 Å². The molecule has 2 amide bonds. The van der Waals surface area contributed by atoms with Crippen LogP contribution in [0, 0.1) is 0 Å². The van der Waals surface area contributed by atoms with Gasteiger partial charge in [0, 0.05) is 6.42 Å². The molecule has 0 heterocycles. The van der Waals surface area contributed by atoms with Gasteiger partial charge in [-0.3, -0.25) is 4.79 Å². The Morgan fingerprint density at radius 2 is 2.00 bits per heavy atom. The molecule has 17 heavy (non-hydrogen) atoms. The van der Waals surface area contributed by atoms with E-state index in [2.05, 4.69) is 17.5 Å². The highest BCUT2D eigenvalue weighted by atomic mass is 32.1. The number of rotatable bonds is 5. The van der Waals surface area contributed by atoms with E-state index in [1.165, 1.54) is 0 Å². The van der Waals surface area contributed by atoms with Crippen molar-refractivity contribution >= 4 is 29.3 Å². The number of carbonyl (C=O) groups excluding carboxylic acids is 2. The summed E-state index contributed by atoms with van der Waals surface area (Å²) in [4.78, 5) is 22.4. The van der Waals surface area contributed by atoms with Gasteiger partial charge in [0.1, 0.15) is 11.6 Å². The van der Waals surface area contributed by atoms with E-state index in [9.17, 15) is 9.59 Å². The SMILES string of the molecule is CC(C)(C)OC(=O)NC(CCC(O)=S)C(N)=O. The molecule has 0 aromatic rings. The Labute approximate surface area is 106 Å². The molecule has 1 atom stereocenters. The molecule has 98 valence electrons. The maximum atomic E-state index is 11.4. The predicted octanol–water partition coefficient (Wildman–Crippen LogP) is 1.03. The highest BCUT2D eigenvalue weighted by molar-refractivity contribution is 7.80. The first-order valence-corrected chi connectivity index (χ1v) is 5.53. The highest BCUT2D eigenvalue weighted by Crippen LogP contribution is 2.07. The number of nitrogens with one attached hydrogen (secondary N) is 1. The molecular weight excluding hydrogens is 244 g/mol. The topological polar surface area (TPSA) is 102 Å². The number of amides is 2. The van der Waals surface area contributed by atoms with Crippen LogP contribution in [0.4, 0.5) is 4.79 Å². The molecule has 6 nitrogen and oxygen atoms in total. The number of carbonyl (C=O) groups is 2. The zero-order chi connectivity index (χ0) is 13.6. The molecule has 0 aromatic carbocycles. The van der Waals surface area contributed by atoms with Crippen molar-refractivity contribution in [1.29, 1.82) is 0 Å². The van der Waals surface area contributed by atoms with E-state index in [1.54, 1.807) is 20.8 Å². The van der Waals surface area contributed by atoms with Crippen LogP contribution in [0.2, 0.25) is 0 Å². The fraction of sp³-hybridized carbons (Fsp3) is 0.700. The zero-order valence-corrected chi connectivity index (χ0v) is 11.0. The Morgan fingerprint density at radius 3 is 2.35 bits per heavy atom. The second-order valence-corrected chi connectivity index (χ2v) is 5.00. The van der Waals surface area contributed by atoms with E-state index < -0.39 is 23.6 Å². The van der Waals surface area contributed by atoms with Gasteiger partial charge in [0.2, 0.25) is 5.91 Å². The van der Waals surface area contributed by atoms with Crippen LogP contribution in [0.25, 0.3) is 0 Å². The van der Waals surface area contributed by atoms with Crippen molar-refractivity contribution in [2.75, 3.05) is 0 Å². The number of nitrogens with two attached hydrogens (primary N) is 1. The van der Waals surface area contributed by atoms with Crippen LogP contribution in [0.5, 0.6) is 0 Å². The van der Waals surface area contributed by atoms with E-state index in [4.69, 9.17) is 15.6 Å². The average molecular weight is 262 g/mol. The predicted molar refractivity (Wildman–Crippen MR) is 66.8 cm³/mol. The van der Waals surface area contributed by atoms with Crippen LogP contribution in [-0.4, -0.2) is 33.8 Å². The van der Waals surface area contributed by atoms with Gasteiger partial charge in [0.05, 0.1) is 0 Å². The van der Waals surface area contributed by atoms with Crippen LogP contribution >= 0.6 is 12.2 Å². The molecule has 7 heteroatoms. The van der Waals surface area contributed by atoms with Gasteiger partial charge in [-0.15, -0.1) is 0 Å². The minimum atomic E-state index is -0.907. The summed E-state index contributed by atoms with van der Waals surface area (Å²) in [5.41, 5.74) is 4.45. The number of aliphatic hydroxyl groups is 1. The van der Waals surface area contributed by atoms with Crippen molar-refractivity contribution in [3.63, 3.8) is 0 Å². The number of hydrogen-bond donors (Lipinski definition) is 3. The molecule has 0 saturated carbocycles. The van der Waals surface area contributed by atoms with Gasteiger partial charge < -0.3 is 20.9 Å². The smallest absolute Gasteiger partial charge is 0.408 e. The first-order valence-electron chi connectivity index (χ1n) is 5.12. The lowest BCUT2D eigenvalue weighted by molar-refractivity contribution is -0.120. The monoisotopic (exact) mass is 262 g/mol. The van der Waals surface area contributed by atoms with Gasteiger partial charge in [-0.2, -0.15) is 0 Å². The Kier molecular flexibility index (Phi) is 5.87. The van der Waals surface area contributed by atoms with E-state index in [-0.39, 0.29) is 17.9 Å². The number of alkyl carbamates (subject to hydrolysis) is 1. The van der Waals surface area contributed by atoms with Gasteiger partial charge in [-0.05, 0) is 39.4 Å². The standard InChI is InChI=1S/C10H18N2O4S/c1-10(2,3)16-9(15)12-6(8(11)14)4-5-7(13)17/h6H,4-5H2,1-3H3,(H2,11,14)(H,12,15)(H,13,17). The summed E-state index contributed by atoms with van der Waals surface area (Å²) in [6, 6.07) is -0.907. The molecule has 0 saturated heterocycles. The second-order valence-electron chi connectivity index (χ2n) is 4.53. The summed E-state index contributed by atoms with van der Waals surface area (Å²) in [6.07, 6.45) is -0.479. The van der Waals surface area contributed by atoms with Crippen molar-refractivity contribution in [3.05, 3.63) is 0 Å². The molecule has 0 aromatic heterocycles. The van der Waals surface area contributed by atoms with Gasteiger partial charge in [-0.25, -0.2) is 4.79 Å². The third kappa shape index (κ3) is 8.44. The van der Waals surface area contributed by atoms with E-state index in [1.807, 2.05) is 0 Å². The second kappa shape index (κ2) is 6.39. The van der Waals surface area contributed by atoms with Crippen molar-refractivity contribution in [2.45, 2.75) is 45.3 Å². The summed E-state index contributed by atoms with van der Waals surface area (Å²) in [7, 11) is 0. The molecule has 0 rings (SSSR count). The number of primary amides is 1. The van der Waals surface area contributed by atoms with Gasteiger partial charge >= 0.3 is 6.09 Å². The summed E-state index contributed by atoms with van der Waals surface area (Å²) in [5, 5.41) is 10.9. The summed E-state index contributed by atoms with van der Waals surface area (Å²) in [6.45, 7) is 5.11. The highest BCUT2D eigenvalue weighted by Gasteiger charge is 2.22. The zero-order valence-electron chi connectivity index (χ0n) is 10.1. The van der Waals surface area contributed by atoms with Crippen molar-refractivity contribution < 1.29 is 19.4 Å². The molecule has 0 aliphatic rings. The van der Waals surface area contributed by atoms with Gasteiger partial charge in [-0.1, -0.05) is 0 Å². The third-order valence-electron chi connectivity index (χ3n) is 1.68. The lowest BCUT2D eigenvalue weighted by Gasteiger charge is -2.22. The minimum Gasteiger partial charge on any atom is -0.502 e. The maximum absolute atomic E-state index is 11.4. The molecule has 0 aliphatic heterocycles. The van der Waals surface area contributed by atoms with E-state index >= 15 is 0 Å². The Balaban J connectivity index is 4.30. The largest absolute Gasteiger partial charge is 0.502 e. The maximum Gasteiger partial charge on any atom is 0.408 e. The van der Waals surface area contributed by atoms with Crippen LogP contribution in [0.15, 0.2) is 0 Å². The molecule has 0 radical (unpaired) electrons. The number of hydrogen-bond acceptors (Lipinski definition) is 4. The Morgan fingerprint density at radius 1 is 1.47 bits per heavy atom. The lowest BCUT2D eigenvalue weighted by atomic mass is 10.1. The van der Waals surface area contributed by atoms with Crippen molar-refractivity contribution in [1.82, 2.24) is 5.32 Å². The fourth-order valence-corrected chi connectivity index (χ4v) is 1.12. The van der Waals surface area contributed by atoms with Gasteiger partial charge in [0.15, 0.2) is 5.05 Å². The first kappa shape index (κ1) is 15.6. The Hall–Kier alpha value is -1.37. The van der Waals surface area contributed by atoms with Crippen LogP contribution in [0.3, 0.4) is 0 Å². The molecule has 1 unspecified atom stereocenters. The van der Waals surface area contributed by atoms with Crippen LogP contribution in [-0.2, 0) is 9.53 Å². The molecule has 4 N–H and O–H groups in total. The molecular formula is C10H18N2O4S. The number of aliphatic hydroxyl groups excluding tert-OH is 1. The summed E-state index contributed by atoms with van der Waals surface area (Å²) < 4.78 is 4.97. The van der Waals surface area contributed by atoms with E-state index in [0.717, 1.165) is 0 Å². The van der Waals surface area contributed by atoms with Crippen LogP contribution in [0.1, 0.15) is 33.6 Å². The summed E-state index contributed by atoms with van der Waals surface area (Å²) >= 11 is 4.46. The molecule has 0 fully saturated rings. The normalized spacial score (nSPS) is 12.6.